The Morgan fingerprint density at radius 2 is 2.07 bits per heavy atom. The van der Waals surface area contributed by atoms with Crippen LogP contribution in [-0.4, -0.2) is 24.1 Å². The van der Waals surface area contributed by atoms with Gasteiger partial charge >= 0.3 is 5.69 Å². The van der Waals surface area contributed by atoms with Gasteiger partial charge in [-0.25, -0.2) is 0 Å². The van der Waals surface area contributed by atoms with Crippen LogP contribution in [0.15, 0.2) is 24.3 Å². The summed E-state index contributed by atoms with van der Waals surface area (Å²) in [5.74, 6) is 0.351. The van der Waals surface area contributed by atoms with E-state index in [0.717, 1.165) is 13.1 Å². The molecule has 1 N–H and O–H groups in total. The van der Waals surface area contributed by atoms with Gasteiger partial charge in [-0.05, 0) is 6.07 Å². The van der Waals surface area contributed by atoms with E-state index < -0.39 is 4.92 Å². The normalized spacial score (nSPS) is 14.9. The molecule has 1 aliphatic heterocycles. The van der Waals surface area contributed by atoms with Gasteiger partial charge in [-0.1, -0.05) is 12.1 Å². The monoisotopic (exact) mass is 230 g/mol. The van der Waals surface area contributed by atoms with Crippen molar-refractivity contribution in [3.05, 3.63) is 34.4 Å². The summed E-state index contributed by atoms with van der Waals surface area (Å²) in [6.07, 6.45) is 0.0658. The van der Waals surface area contributed by atoms with Crippen molar-refractivity contribution in [2.75, 3.05) is 13.1 Å². The summed E-state index contributed by atoms with van der Waals surface area (Å²) < 4.78 is 5.44. The topological polar surface area (TPSA) is 64.4 Å². The van der Waals surface area contributed by atoms with E-state index in [-0.39, 0.29) is 24.2 Å². The Hall–Kier alpha value is -1.33. The Bertz CT molecular complexity index is 355. The van der Waals surface area contributed by atoms with Crippen LogP contribution in [-0.2, 0) is 0 Å². The zero-order chi connectivity index (χ0) is 9.97. The molecule has 82 valence electrons. The van der Waals surface area contributed by atoms with E-state index in [1.54, 1.807) is 18.2 Å². The largest absolute Gasteiger partial charge is 0.481 e. The molecule has 6 heteroatoms. The number of ether oxygens (including phenoxy) is 1. The molecule has 0 spiro atoms. The summed E-state index contributed by atoms with van der Waals surface area (Å²) >= 11 is 0. The van der Waals surface area contributed by atoms with E-state index in [1.807, 2.05) is 0 Å². The van der Waals surface area contributed by atoms with Crippen LogP contribution in [0.25, 0.3) is 0 Å². The summed E-state index contributed by atoms with van der Waals surface area (Å²) in [6, 6.07) is 6.43. The lowest BCUT2D eigenvalue weighted by Gasteiger charge is -2.27. The molecule has 1 fully saturated rings. The molecule has 0 radical (unpaired) electrons. The summed E-state index contributed by atoms with van der Waals surface area (Å²) in [5, 5.41) is 13.7. The van der Waals surface area contributed by atoms with Crippen LogP contribution in [0.5, 0.6) is 5.75 Å². The van der Waals surface area contributed by atoms with Gasteiger partial charge in [0.2, 0.25) is 0 Å². The highest BCUT2D eigenvalue weighted by molar-refractivity contribution is 5.85. The van der Waals surface area contributed by atoms with E-state index in [0.29, 0.717) is 5.75 Å². The van der Waals surface area contributed by atoms with Crippen molar-refractivity contribution in [3.8, 4) is 5.75 Å². The molecule has 0 aliphatic carbocycles. The molecular formula is C9H11ClN2O3. The van der Waals surface area contributed by atoms with Crippen molar-refractivity contribution in [1.82, 2.24) is 5.32 Å². The van der Waals surface area contributed by atoms with Crippen LogP contribution < -0.4 is 10.1 Å². The second-order valence-corrected chi connectivity index (χ2v) is 3.12. The molecule has 0 unspecified atom stereocenters. The third-order valence-electron chi connectivity index (χ3n) is 2.10. The second-order valence-electron chi connectivity index (χ2n) is 3.12. The predicted molar refractivity (Wildman–Crippen MR) is 57.6 cm³/mol. The molecule has 2 rings (SSSR count). The maximum absolute atomic E-state index is 10.6. The summed E-state index contributed by atoms with van der Waals surface area (Å²) in [6.45, 7) is 1.51. The molecule has 0 bridgehead atoms. The lowest BCUT2D eigenvalue weighted by molar-refractivity contribution is -0.386. The number of nitro groups is 1. The highest BCUT2D eigenvalue weighted by atomic mass is 35.5. The predicted octanol–water partition coefficient (Wildman–Crippen LogP) is 1.37. The first kappa shape index (κ1) is 11.7. The fourth-order valence-electron chi connectivity index (χ4n) is 1.23. The van der Waals surface area contributed by atoms with Gasteiger partial charge in [0.05, 0.1) is 4.92 Å². The fraction of sp³-hybridized carbons (Fsp3) is 0.333. The number of nitrogens with one attached hydrogen (secondary N) is 1. The van der Waals surface area contributed by atoms with Gasteiger partial charge in [-0.15, -0.1) is 12.4 Å². The number of nitro benzene ring substituents is 1. The smallest absolute Gasteiger partial charge is 0.310 e. The van der Waals surface area contributed by atoms with Crippen molar-refractivity contribution in [2.24, 2.45) is 0 Å². The molecular weight excluding hydrogens is 220 g/mol. The number of hydrogen-bond donors (Lipinski definition) is 1. The van der Waals surface area contributed by atoms with E-state index in [4.69, 9.17) is 4.74 Å². The number of halogens is 1. The van der Waals surface area contributed by atoms with Crippen LogP contribution in [0, 0.1) is 10.1 Å². The Kier molecular flexibility index (Phi) is 3.88. The number of rotatable bonds is 3. The van der Waals surface area contributed by atoms with Crippen molar-refractivity contribution in [1.29, 1.82) is 0 Å². The highest BCUT2D eigenvalue weighted by Crippen LogP contribution is 2.27. The van der Waals surface area contributed by atoms with Gasteiger partial charge in [0.1, 0.15) is 6.10 Å². The van der Waals surface area contributed by atoms with Crippen molar-refractivity contribution >= 4 is 18.1 Å². The Morgan fingerprint density at radius 3 is 2.60 bits per heavy atom. The van der Waals surface area contributed by atoms with Crippen LogP contribution >= 0.6 is 12.4 Å². The maximum Gasteiger partial charge on any atom is 0.310 e. The Morgan fingerprint density at radius 1 is 1.40 bits per heavy atom. The third-order valence-corrected chi connectivity index (χ3v) is 2.10. The van der Waals surface area contributed by atoms with Crippen LogP contribution in [0.4, 0.5) is 5.69 Å². The molecule has 5 nitrogen and oxygen atoms in total. The van der Waals surface area contributed by atoms with Crippen LogP contribution in [0.2, 0.25) is 0 Å². The average molecular weight is 231 g/mol. The van der Waals surface area contributed by atoms with E-state index in [9.17, 15) is 10.1 Å². The third kappa shape index (κ3) is 2.57. The van der Waals surface area contributed by atoms with Gasteiger partial charge < -0.3 is 10.1 Å². The highest BCUT2D eigenvalue weighted by Gasteiger charge is 2.22. The molecule has 0 aromatic heterocycles. The van der Waals surface area contributed by atoms with E-state index in [1.165, 1.54) is 6.07 Å². The quantitative estimate of drug-likeness (QED) is 0.629. The number of para-hydroxylation sites is 2. The van der Waals surface area contributed by atoms with Crippen LogP contribution in [0.1, 0.15) is 0 Å². The van der Waals surface area contributed by atoms with Gasteiger partial charge in [-0.2, -0.15) is 0 Å². The second kappa shape index (κ2) is 4.95. The molecule has 1 saturated heterocycles. The van der Waals surface area contributed by atoms with Crippen molar-refractivity contribution in [2.45, 2.75) is 6.10 Å². The first-order valence-corrected chi connectivity index (χ1v) is 4.38. The van der Waals surface area contributed by atoms with Gasteiger partial charge in [0, 0.05) is 19.2 Å². The Labute approximate surface area is 93.0 Å². The molecule has 1 heterocycles. The zero-order valence-electron chi connectivity index (χ0n) is 7.88. The minimum absolute atomic E-state index is 0. The molecule has 1 aromatic rings. The summed E-state index contributed by atoms with van der Waals surface area (Å²) in [4.78, 5) is 10.2. The zero-order valence-corrected chi connectivity index (χ0v) is 8.70. The molecule has 1 aliphatic rings. The maximum atomic E-state index is 10.6. The van der Waals surface area contributed by atoms with Gasteiger partial charge in [-0.3, -0.25) is 10.1 Å². The number of benzene rings is 1. The average Bonchev–Trinajstić information content (AvgIpc) is 2.12. The molecule has 1 aromatic carbocycles. The van der Waals surface area contributed by atoms with Gasteiger partial charge in [0.25, 0.3) is 0 Å². The first-order chi connectivity index (χ1) is 6.77. The lowest BCUT2D eigenvalue weighted by Crippen LogP contribution is -2.50. The minimum Gasteiger partial charge on any atom is -0.481 e. The molecule has 15 heavy (non-hydrogen) atoms. The van der Waals surface area contributed by atoms with E-state index >= 15 is 0 Å². The van der Waals surface area contributed by atoms with Crippen LogP contribution in [0.3, 0.4) is 0 Å². The Balaban J connectivity index is 0.00000112. The minimum atomic E-state index is -0.429. The fourth-order valence-corrected chi connectivity index (χ4v) is 1.23. The number of hydrogen-bond acceptors (Lipinski definition) is 4. The lowest BCUT2D eigenvalue weighted by atomic mass is 10.2. The van der Waals surface area contributed by atoms with Gasteiger partial charge in [0.15, 0.2) is 5.75 Å². The summed E-state index contributed by atoms with van der Waals surface area (Å²) in [5.41, 5.74) is 0.0272. The van der Waals surface area contributed by atoms with Crippen molar-refractivity contribution in [3.63, 3.8) is 0 Å². The molecule has 0 saturated carbocycles. The van der Waals surface area contributed by atoms with Crippen molar-refractivity contribution < 1.29 is 9.66 Å². The molecule has 0 atom stereocenters. The standard InChI is InChI=1S/C9H10N2O3.ClH/c12-11(13)8-3-1-2-4-9(8)14-7-5-10-6-7;/h1-4,7,10H,5-6H2;1H. The molecule has 0 amide bonds. The summed E-state index contributed by atoms with van der Waals surface area (Å²) in [7, 11) is 0. The first-order valence-electron chi connectivity index (χ1n) is 4.38. The van der Waals surface area contributed by atoms with E-state index in [2.05, 4.69) is 5.32 Å². The SMILES string of the molecule is Cl.O=[N+]([O-])c1ccccc1OC1CNC1. The number of nitrogens with zero attached hydrogens (tertiary/aromatic N) is 1.